The summed E-state index contributed by atoms with van der Waals surface area (Å²) in [4.78, 5) is 23.0. The predicted molar refractivity (Wildman–Crippen MR) is 69.3 cm³/mol. The van der Waals surface area contributed by atoms with E-state index in [0.29, 0.717) is 18.6 Å². The molecule has 0 saturated carbocycles. The highest BCUT2D eigenvalue weighted by Gasteiger charge is 2.34. The summed E-state index contributed by atoms with van der Waals surface area (Å²) in [5, 5.41) is 13.0. The summed E-state index contributed by atoms with van der Waals surface area (Å²) in [6, 6.07) is 1.19. The van der Waals surface area contributed by atoms with Crippen molar-refractivity contribution in [2.45, 2.75) is 25.6 Å². The summed E-state index contributed by atoms with van der Waals surface area (Å²) in [7, 11) is 0. The van der Waals surface area contributed by atoms with Gasteiger partial charge in [-0.1, -0.05) is 6.92 Å². The van der Waals surface area contributed by atoms with Crippen molar-refractivity contribution >= 4 is 17.5 Å². The van der Waals surface area contributed by atoms with Gasteiger partial charge in [0, 0.05) is 5.69 Å². The van der Waals surface area contributed by atoms with Crippen LogP contribution in [0.15, 0.2) is 18.2 Å². The summed E-state index contributed by atoms with van der Waals surface area (Å²) in [5.74, 6) is -3.81. The van der Waals surface area contributed by atoms with Crippen molar-refractivity contribution in [2.24, 2.45) is 0 Å². The van der Waals surface area contributed by atoms with Gasteiger partial charge < -0.3 is 15.7 Å². The van der Waals surface area contributed by atoms with Crippen LogP contribution in [0.4, 0.5) is 23.2 Å². The number of nitrogens with one attached hydrogen (secondary N) is 2. The molecule has 0 aliphatic heterocycles. The Balaban J connectivity index is 2.83. The second kappa shape index (κ2) is 7.21. The fourth-order valence-electron chi connectivity index (χ4n) is 1.54. The van der Waals surface area contributed by atoms with E-state index in [4.69, 9.17) is 5.11 Å². The Morgan fingerprint density at radius 1 is 1.27 bits per heavy atom. The molecular weight excluding hydrogens is 308 g/mol. The molecule has 0 spiro atoms. The van der Waals surface area contributed by atoms with Crippen molar-refractivity contribution in [2.75, 3.05) is 11.9 Å². The molecule has 0 bridgehead atoms. The van der Waals surface area contributed by atoms with Crippen LogP contribution >= 0.6 is 0 Å². The van der Waals surface area contributed by atoms with Crippen LogP contribution in [0.25, 0.3) is 0 Å². The molecule has 1 aromatic rings. The Hall–Kier alpha value is -2.16. The zero-order chi connectivity index (χ0) is 16.9. The summed E-state index contributed by atoms with van der Waals surface area (Å²) in [5.41, 5.74) is -1.92. The third kappa shape index (κ3) is 4.69. The molecule has 2 amide bonds. The molecule has 1 rings (SSSR count). The number of carbonyl (C=O) groups is 2. The van der Waals surface area contributed by atoms with E-state index in [-0.39, 0.29) is 12.3 Å². The largest absolute Gasteiger partial charge is 0.419 e. The molecule has 1 atom stereocenters. The van der Waals surface area contributed by atoms with Crippen molar-refractivity contribution in [3.8, 4) is 0 Å². The summed E-state index contributed by atoms with van der Waals surface area (Å²) < 4.78 is 50.7. The fraction of sp³-hybridized carbons (Fsp3) is 0.385. The predicted octanol–water partition coefficient (Wildman–Crippen LogP) is 1.67. The number of anilines is 1. The van der Waals surface area contributed by atoms with Gasteiger partial charge >= 0.3 is 18.0 Å². The maximum Gasteiger partial charge on any atom is 0.419 e. The van der Waals surface area contributed by atoms with Crippen molar-refractivity contribution in [3.05, 3.63) is 29.6 Å². The fourth-order valence-corrected chi connectivity index (χ4v) is 1.54. The smallest absolute Gasteiger partial charge is 0.394 e. The van der Waals surface area contributed by atoms with Gasteiger partial charge in [0.2, 0.25) is 0 Å². The van der Waals surface area contributed by atoms with Crippen molar-refractivity contribution in [3.63, 3.8) is 0 Å². The molecule has 0 fully saturated rings. The zero-order valence-corrected chi connectivity index (χ0v) is 11.5. The molecule has 1 unspecified atom stereocenters. The molecule has 122 valence electrons. The lowest BCUT2D eigenvalue weighted by atomic mass is 10.1. The SMILES string of the molecule is CCC(CO)NC(=O)C(=O)Nc1ccc(F)c(C(F)(F)F)c1. The average Bonchev–Trinajstić information content (AvgIpc) is 2.45. The van der Waals surface area contributed by atoms with E-state index in [1.54, 1.807) is 6.92 Å². The van der Waals surface area contributed by atoms with Crippen LogP contribution in [0.3, 0.4) is 0 Å². The minimum atomic E-state index is -4.92. The number of rotatable bonds is 4. The van der Waals surface area contributed by atoms with Gasteiger partial charge in [0.1, 0.15) is 5.82 Å². The Kier molecular flexibility index (Phi) is 5.86. The average molecular weight is 322 g/mol. The second-order valence-corrected chi connectivity index (χ2v) is 4.41. The number of hydrogen-bond donors (Lipinski definition) is 3. The first-order valence-electron chi connectivity index (χ1n) is 6.28. The zero-order valence-electron chi connectivity index (χ0n) is 11.5. The Labute approximate surface area is 123 Å². The third-order valence-corrected chi connectivity index (χ3v) is 2.78. The highest BCUT2D eigenvalue weighted by Crippen LogP contribution is 2.32. The molecule has 0 aromatic heterocycles. The van der Waals surface area contributed by atoms with Crippen LogP contribution in [0.1, 0.15) is 18.9 Å². The monoisotopic (exact) mass is 322 g/mol. The molecule has 0 saturated heterocycles. The Bertz CT molecular complexity index is 557. The van der Waals surface area contributed by atoms with Crippen LogP contribution in [0.2, 0.25) is 0 Å². The minimum absolute atomic E-state index is 0.365. The number of aliphatic hydroxyl groups excluding tert-OH is 1. The van der Waals surface area contributed by atoms with E-state index in [1.165, 1.54) is 0 Å². The highest BCUT2D eigenvalue weighted by molar-refractivity contribution is 6.39. The summed E-state index contributed by atoms with van der Waals surface area (Å²) in [6.45, 7) is 1.28. The number of amides is 2. The maximum absolute atomic E-state index is 13.1. The van der Waals surface area contributed by atoms with Gasteiger partial charge in [0.25, 0.3) is 0 Å². The van der Waals surface area contributed by atoms with Gasteiger partial charge in [0.05, 0.1) is 18.2 Å². The number of carbonyl (C=O) groups excluding carboxylic acids is 2. The molecule has 0 aliphatic rings. The van der Waals surface area contributed by atoms with Crippen LogP contribution in [0.5, 0.6) is 0 Å². The van der Waals surface area contributed by atoms with E-state index in [0.717, 1.165) is 6.07 Å². The van der Waals surface area contributed by atoms with Crippen molar-refractivity contribution in [1.82, 2.24) is 5.32 Å². The number of alkyl halides is 3. The third-order valence-electron chi connectivity index (χ3n) is 2.78. The number of hydrogen-bond acceptors (Lipinski definition) is 3. The van der Waals surface area contributed by atoms with Crippen molar-refractivity contribution in [1.29, 1.82) is 0 Å². The lowest BCUT2D eigenvalue weighted by Gasteiger charge is -2.14. The van der Waals surface area contributed by atoms with Gasteiger partial charge in [-0.3, -0.25) is 9.59 Å². The second-order valence-electron chi connectivity index (χ2n) is 4.41. The van der Waals surface area contributed by atoms with Crippen molar-refractivity contribution < 1.29 is 32.3 Å². The van der Waals surface area contributed by atoms with Crippen LogP contribution in [-0.2, 0) is 15.8 Å². The summed E-state index contributed by atoms with van der Waals surface area (Å²) in [6.07, 6.45) is -4.55. The normalized spacial score (nSPS) is 12.6. The number of benzene rings is 1. The molecule has 0 aliphatic carbocycles. The number of halogens is 4. The van der Waals surface area contributed by atoms with Crippen LogP contribution < -0.4 is 10.6 Å². The highest BCUT2D eigenvalue weighted by atomic mass is 19.4. The van der Waals surface area contributed by atoms with E-state index in [9.17, 15) is 27.2 Å². The van der Waals surface area contributed by atoms with Gasteiger partial charge in [-0.2, -0.15) is 13.2 Å². The lowest BCUT2D eigenvalue weighted by molar-refractivity contribution is -0.140. The van der Waals surface area contributed by atoms with E-state index >= 15 is 0 Å². The lowest BCUT2D eigenvalue weighted by Crippen LogP contribution is -2.43. The first-order chi connectivity index (χ1) is 10.2. The van der Waals surface area contributed by atoms with E-state index < -0.39 is 35.4 Å². The standard InChI is InChI=1S/C13H14F4N2O3/c1-2-7(6-20)18-11(21)12(22)19-8-3-4-10(14)9(5-8)13(15,16)17/h3-5,7,20H,2,6H2,1H3,(H,18,21)(H,19,22). The summed E-state index contributed by atoms with van der Waals surface area (Å²) >= 11 is 0. The van der Waals surface area contributed by atoms with E-state index in [2.05, 4.69) is 5.32 Å². The molecule has 5 nitrogen and oxygen atoms in total. The topological polar surface area (TPSA) is 78.4 Å². The molecule has 22 heavy (non-hydrogen) atoms. The molecular formula is C13H14F4N2O3. The molecule has 0 radical (unpaired) electrons. The quantitative estimate of drug-likeness (QED) is 0.583. The minimum Gasteiger partial charge on any atom is -0.394 e. The van der Waals surface area contributed by atoms with E-state index in [1.807, 2.05) is 5.32 Å². The molecule has 1 aromatic carbocycles. The van der Waals surface area contributed by atoms with Gasteiger partial charge in [0.15, 0.2) is 0 Å². The van der Waals surface area contributed by atoms with Gasteiger partial charge in [-0.15, -0.1) is 0 Å². The maximum atomic E-state index is 13.1. The van der Waals surface area contributed by atoms with Gasteiger partial charge in [-0.05, 0) is 24.6 Å². The Morgan fingerprint density at radius 3 is 2.41 bits per heavy atom. The molecule has 3 N–H and O–H groups in total. The first kappa shape index (κ1) is 17.9. The van der Waals surface area contributed by atoms with Gasteiger partial charge in [-0.25, -0.2) is 4.39 Å². The number of aliphatic hydroxyl groups is 1. The van der Waals surface area contributed by atoms with Crippen LogP contribution in [0, 0.1) is 5.82 Å². The van der Waals surface area contributed by atoms with Crippen LogP contribution in [-0.4, -0.2) is 29.6 Å². The molecule has 0 heterocycles. The molecule has 9 heteroatoms. The first-order valence-corrected chi connectivity index (χ1v) is 6.28. The Morgan fingerprint density at radius 2 is 1.91 bits per heavy atom.